The number of phenols is 1. The van der Waals surface area contributed by atoms with E-state index in [0.29, 0.717) is 23.0 Å². The zero-order valence-corrected chi connectivity index (χ0v) is 14.5. The summed E-state index contributed by atoms with van der Waals surface area (Å²) >= 11 is 0. The lowest BCUT2D eigenvalue weighted by Crippen LogP contribution is -2.24. The molecule has 0 heterocycles. The summed E-state index contributed by atoms with van der Waals surface area (Å²) in [5, 5.41) is 13.4. The van der Waals surface area contributed by atoms with Crippen LogP contribution < -0.4 is 14.9 Å². The van der Waals surface area contributed by atoms with Crippen LogP contribution >= 0.6 is 0 Å². The first-order chi connectivity index (χ1) is 12.0. The molecule has 0 radical (unpaired) electrons. The fraction of sp³-hybridized carbons (Fsp3) is 0.263. The topological polar surface area (TPSA) is 80.2 Å². The Morgan fingerprint density at radius 1 is 1.24 bits per heavy atom. The lowest BCUT2D eigenvalue weighted by atomic mass is 10.0. The third-order valence-electron chi connectivity index (χ3n) is 3.51. The molecule has 2 aromatic rings. The van der Waals surface area contributed by atoms with Crippen LogP contribution in [0.3, 0.4) is 0 Å². The van der Waals surface area contributed by atoms with Crippen molar-refractivity contribution in [2.45, 2.75) is 19.8 Å². The Labute approximate surface area is 147 Å². The molecule has 0 fully saturated rings. The average Bonchev–Trinajstić information content (AvgIpc) is 2.61. The second kappa shape index (κ2) is 8.73. The molecule has 2 rings (SSSR count). The number of phenolic OH excluding ortho intramolecular Hbond substituents is 1. The number of amides is 1. The number of ether oxygens (including phenoxy) is 2. The summed E-state index contributed by atoms with van der Waals surface area (Å²) in [4.78, 5) is 11.9. The number of nitrogens with zero attached hydrogens (tertiary/aromatic N) is 1. The zero-order valence-electron chi connectivity index (χ0n) is 14.5. The van der Waals surface area contributed by atoms with Gasteiger partial charge in [0.2, 0.25) is 0 Å². The van der Waals surface area contributed by atoms with Gasteiger partial charge in [0.1, 0.15) is 5.75 Å². The van der Waals surface area contributed by atoms with Crippen molar-refractivity contribution in [1.29, 1.82) is 0 Å². The zero-order chi connectivity index (χ0) is 18.2. The summed E-state index contributed by atoms with van der Waals surface area (Å²) in [5.74, 6) is 1.02. The van der Waals surface area contributed by atoms with Gasteiger partial charge in [-0.15, -0.1) is 0 Å². The van der Waals surface area contributed by atoms with Crippen molar-refractivity contribution < 1.29 is 19.4 Å². The van der Waals surface area contributed by atoms with Crippen LogP contribution in [0.1, 0.15) is 30.9 Å². The number of hydrazone groups is 1. The van der Waals surface area contributed by atoms with Gasteiger partial charge in [0, 0.05) is 0 Å². The van der Waals surface area contributed by atoms with E-state index in [1.165, 1.54) is 19.4 Å². The first kappa shape index (κ1) is 18.3. The first-order valence-electron chi connectivity index (χ1n) is 7.92. The molecule has 132 valence electrons. The van der Waals surface area contributed by atoms with E-state index in [2.05, 4.69) is 24.4 Å². The maximum absolute atomic E-state index is 11.9. The van der Waals surface area contributed by atoms with Crippen LogP contribution in [0.4, 0.5) is 0 Å². The van der Waals surface area contributed by atoms with Crippen LogP contribution in [0.25, 0.3) is 0 Å². The van der Waals surface area contributed by atoms with Crippen LogP contribution in [-0.4, -0.2) is 30.9 Å². The van der Waals surface area contributed by atoms with E-state index in [1.54, 1.807) is 12.1 Å². The van der Waals surface area contributed by atoms with Crippen molar-refractivity contribution in [3.05, 3.63) is 53.6 Å². The highest BCUT2D eigenvalue weighted by atomic mass is 16.5. The Bertz CT molecular complexity index is 757. The van der Waals surface area contributed by atoms with Crippen molar-refractivity contribution in [2.75, 3.05) is 13.7 Å². The van der Waals surface area contributed by atoms with Gasteiger partial charge in [0.05, 0.1) is 13.3 Å². The molecule has 0 unspecified atom stereocenters. The maximum atomic E-state index is 11.9. The minimum atomic E-state index is -0.361. The van der Waals surface area contributed by atoms with Gasteiger partial charge in [-0.3, -0.25) is 4.79 Å². The monoisotopic (exact) mass is 342 g/mol. The number of carbonyl (C=O) groups excluding carboxylic acids is 1. The van der Waals surface area contributed by atoms with Crippen molar-refractivity contribution >= 4 is 12.1 Å². The van der Waals surface area contributed by atoms with E-state index in [1.807, 2.05) is 24.3 Å². The van der Waals surface area contributed by atoms with Crippen LogP contribution in [0.5, 0.6) is 17.2 Å². The number of aromatic hydroxyl groups is 1. The van der Waals surface area contributed by atoms with E-state index >= 15 is 0 Å². The minimum absolute atomic E-state index is 0.0425. The highest BCUT2D eigenvalue weighted by molar-refractivity contribution is 5.83. The number of carbonyl (C=O) groups is 1. The molecule has 0 aliphatic carbocycles. The second-order valence-electron chi connectivity index (χ2n) is 5.71. The largest absolute Gasteiger partial charge is 0.504 e. The minimum Gasteiger partial charge on any atom is -0.504 e. The molecular weight excluding hydrogens is 320 g/mol. The van der Waals surface area contributed by atoms with Gasteiger partial charge in [-0.1, -0.05) is 32.0 Å². The number of nitrogens with one attached hydrogen (secondary N) is 1. The fourth-order valence-corrected chi connectivity index (χ4v) is 2.22. The molecule has 6 nitrogen and oxygen atoms in total. The summed E-state index contributed by atoms with van der Waals surface area (Å²) in [5.41, 5.74) is 4.14. The number of hydrogen-bond acceptors (Lipinski definition) is 5. The Hall–Kier alpha value is -3.02. The summed E-state index contributed by atoms with van der Waals surface area (Å²) < 4.78 is 10.6. The van der Waals surface area contributed by atoms with Gasteiger partial charge in [0.15, 0.2) is 18.1 Å². The molecule has 25 heavy (non-hydrogen) atoms. The molecule has 0 aliphatic rings. The van der Waals surface area contributed by atoms with Gasteiger partial charge in [-0.05, 0) is 41.3 Å². The molecule has 0 aliphatic heterocycles. The lowest BCUT2D eigenvalue weighted by Gasteiger charge is -2.13. The molecule has 0 saturated carbocycles. The van der Waals surface area contributed by atoms with Gasteiger partial charge in [-0.2, -0.15) is 5.10 Å². The smallest absolute Gasteiger partial charge is 0.277 e. The van der Waals surface area contributed by atoms with Crippen molar-refractivity contribution in [3.8, 4) is 17.2 Å². The molecule has 0 bridgehead atoms. The fourth-order valence-electron chi connectivity index (χ4n) is 2.22. The van der Waals surface area contributed by atoms with Crippen molar-refractivity contribution in [1.82, 2.24) is 5.43 Å². The Morgan fingerprint density at radius 2 is 2.00 bits per heavy atom. The number of methoxy groups -OCH3 is 1. The van der Waals surface area contributed by atoms with Gasteiger partial charge < -0.3 is 14.6 Å². The summed E-state index contributed by atoms with van der Waals surface area (Å²) in [6.07, 6.45) is 1.46. The van der Waals surface area contributed by atoms with Crippen molar-refractivity contribution in [3.63, 3.8) is 0 Å². The molecule has 0 saturated heterocycles. The van der Waals surface area contributed by atoms with E-state index < -0.39 is 0 Å². The molecule has 2 N–H and O–H groups in total. The third-order valence-corrected chi connectivity index (χ3v) is 3.51. The SMILES string of the molecule is COc1cc(/C=N/NC(=O)COc2ccccc2C(C)C)ccc1O. The van der Waals surface area contributed by atoms with Crippen LogP contribution in [0.15, 0.2) is 47.6 Å². The Morgan fingerprint density at radius 3 is 2.72 bits per heavy atom. The maximum Gasteiger partial charge on any atom is 0.277 e. The Balaban J connectivity index is 1.89. The van der Waals surface area contributed by atoms with Crippen LogP contribution in [-0.2, 0) is 4.79 Å². The molecule has 0 spiro atoms. The number of benzene rings is 2. The second-order valence-corrected chi connectivity index (χ2v) is 5.71. The predicted octanol–water partition coefficient (Wildman–Crippen LogP) is 3.05. The highest BCUT2D eigenvalue weighted by Gasteiger charge is 2.08. The number of para-hydroxylation sites is 1. The average molecular weight is 342 g/mol. The third kappa shape index (κ3) is 5.24. The normalized spacial score (nSPS) is 10.9. The van der Waals surface area contributed by atoms with Gasteiger partial charge in [0.25, 0.3) is 5.91 Å². The molecule has 1 amide bonds. The predicted molar refractivity (Wildman–Crippen MR) is 96.4 cm³/mol. The Kier molecular flexibility index (Phi) is 6.39. The summed E-state index contributed by atoms with van der Waals surface area (Å²) in [7, 11) is 1.46. The van der Waals surface area contributed by atoms with Crippen LogP contribution in [0.2, 0.25) is 0 Å². The van der Waals surface area contributed by atoms with E-state index in [-0.39, 0.29) is 18.3 Å². The summed E-state index contributed by atoms with van der Waals surface area (Å²) in [6.45, 7) is 4.01. The number of hydrogen-bond donors (Lipinski definition) is 2. The van der Waals surface area contributed by atoms with E-state index in [4.69, 9.17) is 9.47 Å². The van der Waals surface area contributed by atoms with Gasteiger partial charge >= 0.3 is 0 Å². The highest BCUT2D eigenvalue weighted by Crippen LogP contribution is 2.26. The van der Waals surface area contributed by atoms with Crippen LogP contribution in [0, 0.1) is 0 Å². The van der Waals surface area contributed by atoms with E-state index in [9.17, 15) is 9.90 Å². The summed E-state index contributed by atoms with van der Waals surface area (Å²) in [6, 6.07) is 12.4. The molecule has 0 atom stereocenters. The standard InChI is InChI=1S/C19H22N2O4/c1-13(2)15-6-4-5-7-17(15)25-12-19(23)21-20-11-14-8-9-16(22)18(10-14)24-3/h4-11,13,22H,12H2,1-3H3,(H,21,23)/b20-11+. The molecule has 2 aromatic carbocycles. The van der Waals surface area contributed by atoms with E-state index in [0.717, 1.165) is 5.56 Å². The van der Waals surface area contributed by atoms with Gasteiger partial charge in [-0.25, -0.2) is 5.43 Å². The number of rotatable bonds is 7. The quantitative estimate of drug-likeness (QED) is 0.599. The lowest BCUT2D eigenvalue weighted by molar-refractivity contribution is -0.123. The molecular formula is C19H22N2O4. The molecule has 6 heteroatoms. The first-order valence-corrected chi connectivity index (χ1v) is 7.92. The molecule has 0 aromatic heterocycles. The van der Waals surface area contributed by atoms with Crippen molar-refractivity contribution in [2.24, 2.45) is 5.10 Å².